The monoisotopic (exact) mass is 458 g/mol. The lowest BCUT2D eigenvalue weighted by atomic mass is 10.1. The average molecular weight is 458 g/mol. The Morgan fingerprint density at radius 1 is 0.879 bits per heavy atom. The van der Waals surface area contributed by atoms with Crippen molar-refractivity contribution in [3.63, 3.8) is 0 Å². The standard InChI is InChI=1S/C22H17F3N4O4/c1-26-19(30)18-12-15(9-10-27-18)33-14-6-4-5-13(11-14)28-20(31)21(32)29-17-8-3-2-7-16(17)22(23,24)25/h2-12H,1H3,(H,26,30)(H,28,31)(H,29,32). The number of rotatable bonds is 5. The van der Waals surface area contributed by atoms with Crippen LogP contribution in [0.4, 0.5) is 24.5 Å². The molecule has 1 heterocycles. The van der Waals surface area contributed by atoms with E-state index >= 15 is 0 Å². The van der Waals surface area contributed by atoms with Gasteiger partial charge in [-0.25, -0.2) is 0 Å². The fourth-order valence-corrected chi connectivity index (χ4v) is 2.71. The van der Waals surface area contributed by atoms with Crippen molar-refractivity contribution in [3.8, 4) is 11.5 Å². The summed E-state index contributed by atoms with van der Waals surface area (Å²) in [5.74, 6) is -2.28. The van der Waals surface area contributed by atoms with Crippen molar-refractivity contribution in [1.82, 2.24) is 10.3 Å². The number of hydrogen-bond acceptors (Lipinski definition) is 5. The maximum Gasteiger partial charge on any atom is 0.418 e. The number of amides is 3. The van der Waals surface area contributed by atoms with Crippen molar-refractivity contribution < 1.29 is 32.3 Å². The summed E-state index contributed by atoms with van der Waals surface area (Å²) in [6.45, 7) is 0. The first-order valence-corrected chi connectivity index (χ1v) is 9.42. The molecule has 3 N–H and O–H groups in total. The molecule has 0 aliphatic carbocycles. The summed E-state index contributed by atoms with van der Waals surface area (Å²) in [4.78, 5) is 39.9. The molecule has 3 rings (SSSR count). The van der Waals surface area contributed by atoms with Gasteiger partial charge < -0.3 is 20.7 Å². The largest absolute Gasteiger partial charge is 0.457 e. The molecule has 3 aromatic rings. The quantitative estimate of drug-likeness (QED) is 0.504. The van der Waals surface area contributed by atoms with Gasteiger partial charge in [-0.2, -0.15) is 13.2 Å². The highest BCUT2D eigenvalue weighted by Gasteiger charge is 2.34. The van der Waals surface area contributed by atoms with Crippen molar-refractivity contribution in [2.75, 3.05) is 17.7 Å². The Morgan fingerprint density at radius 3 is 2.30 bits per heavy atom. The van der Waals surface area contributed by atoms with Crippen LogP contribution in [0.1, 0.15) is 16.1 Å². The number of para-hydroxylation sites is 1. The number of hydrogen-bond donors (Lipinski definition) is 3. The molecule has 0 saturated heterocycles. The number of nitrogens with zero attached hydrogens (tertiary/aromatic N) is 1. The Balaban J connectivity index is 1.69. The molecule has 3 amide bonds. The molecule has 11 heteroatoms. The number of pyridine rings is 1. The van der Waals surface area contributed by atoms with Crippen LogP contribution in [0.15, 0.2) is 66.9 Å². The molecule has 0 unspecified atom stereocenters. The third-order valence-corrected chi connectivity index (χ3v) is 4.21. The van der Waals surface area contributed by atoms with Gasteiger partial charge in [-0.05, 0) is 30.3 Å². The van der Waals surface area contributed by atoms with Crippen molar-refractivity contribution in [3.05, 3.63) is 78.1 Å². The molecule has 0 aliphatic rings. The van der Waals surface area contributed by atoms with Gasteiger partial charge in [-0.15, -0.1) is 0 Å². The third kappa shape index (κ3) is 6.06. The second-order valence-electron chi connectivity index (χ2n) is 6.54. The van der Waals surface area contributed by atoms with E-state index in [0.29, 0.717) is 5.75 Å². The zero-order valence-corrected chi connectivity index (χ0v) is 17.1. The fraction of sp³-hybridized carbons (Fsp3) is 0.0909. The number of halogens is 3. The Bertz CT molecular complexity index is 1200. The van der Waals surface area contributed by atoms with Crippen LogP contribution >= 0.6 is 0 Å². The molecule has 0 fully saturated rings. The van der Waals surface area contributed by atoms with Crippen molar-refractivity contribution >= 4 is 29.1 Å². The zero-order chi connectivity index (χ0) is 24.0. The maximum atomic E-state index is 13.1. The van der Waals surface area contributed by atoms with Crippen LogP contribution in [0.2, 0.25) is 0 Å². The van der Waals surface area contributed by atoms with Gasteiger partial charge in [0.05, 0.1) is 11.3 Å². The highest BCUT2D eigenvalue weighted by molar-refractivity contribution is 6.43. The van der Waals surface area contributed by atoms with Crippen LogP contribution in [-0.2, 0) is 15.8 Å². The lowest BCUT2D eigenvalue weighted by molar-refractivity contribution is -0.137. The van der Waals surface area contributed by atoms with E-state index in [2.05, 4.69) is 15.6 Å². The van der Waals surface area contributed by atoms with Crippen LogP contribution in [0.5, 0.6) is 11.5 Å². The van der Waals surface area contributed by atoms with Gasteiger partial charge in [0.1, 0.15) is 17.2 Å². The number of benzene rings is 2. The minimum absolute atomic E-state index is 0.135. The lowest BCUT2D eigenvalue weighted by Gasteiger charge is -2.13. The molecular weight excluding hydrogens is 441 g/mol. The Kier molecular flexibility index (Phi) is 6.91. The summed E-state index contributed by atoms with van der Waals surface area (Å²) in [6, 6.07) is 13.2. The van der Waals surface area contributed by atoms with Crippen LogP contribution in [0.3, 0.4) is 0 Å². The number of alkyl halides is 3. The van der Waals surface area contributed by atoms with E-state index in [9.17, 15) is 27.6 Å². The smallest absolute Gasteiger partial charge is 0.418 e. The van der Waals surface area contributed by atoms with E-state index in [4.69, 9.17) is 4.74 Å². The van der Waals surface area contributed by atoms with E-state index in [0.717, 1.165) is 12.1 Å². The highest BCUT2D eigenvalue weighted by Crippen LogP contribution is 2.34. The van der Waals surface area contributed by atoms with Gasteiger partial charge in [0, 0.05) is 31.1 Å². The van der Waals surface area contributed by atoms with Crippen LogP contribution in [0, 0.1) is 0 Å². The zero-order valence-electron chi connectivity index (χ0n) is 17.1. The molecule has 8 nitrogen and oxygen atoms in total. The molecule has 0 bridgehead atoms. The summed E-state index contributed by atoms with van der Waals surface area (Å²) < 4.78 is 44.9. The summed E-state index contributed by atoms with van der Waals surface area (Å²) in [5.41, 5.74) is -1.31. The number of carbonyl (C=O) groups excluding carboxylic acids is 3. The highest BCUT2D eigenvalue weighted by atomic mass is 19.4. The van der Waals surface area contributed by atoms with Crippen LogP contribution < -0.4 is 20.7 Å². The van der Waals surface area contributed by atoms with E-state index in [1.807, 2.05) is 5.32 Å². The van der Waals surface area contributed by atoms with Gasteiger partial charge in [0.2, 0.25) is 0 Å². The van der Waals surface area contributed by atoms with Crippen molar-refractivity contribution in [2.45, 2.75) is 6.18 Å². The van der Waals surface area contributed by atoms with E-state index in [-0.39, 0.29) is 17.1 Å². The molecule has 170 valence electrons. The molecule has 0 radical (unpaired) electrons. The molecule has 0 atom stereocenters. The Morgan fingerprint density at radius 2 is 1.58 bits per heavy atom. The first-order valence-electron chi connectivity index (χ1n) is 9.42. The molecule has 0 aliphatic heterocycles. The summed E-state index contributed by atoms with van der Waals surface area (Å²) in [5, 5.41) is 6.70. The van der Waals surface area contributed by atoms with E-state index < -0.39 is 35.1 Å². The molecule has 2 aromatic carbocycles. The second kappa shape index (κ2) is 9.81. The number of carbonyl (C=O) groups is 3. The predicted molar refractivity (Wildman–Crippen MR) is 113 cm³/mol. The van der Waals surface area contributed by atoms with E-state index in [1.165, 1.54) is 55.7 Å². The third-order valence-electron chi connectivity index (χ3n) is 4.21. The van der Waals surface area contributed by atoms with Gasteiger partial charge in [-0.1, -0.05) is 18.2 Å². The first kappa shape index (κ1) is 23.3. The van der Waals surface area contributed by atoms with Crippen molar-refractivity contribution in [2.24, 2.45) is 0 Å². The van der Waals surface area contributed by atoms with Crippen LogP contribution in [-0.4, -0.2) is 29.8 Å². The fourth-order valence-electron chi connectivity index (χ4n) is 2.71. The number of ether oxygens (including phenoxy) is 1. The number of nitrogens with one attached hydrogen (secondary N) is 3. The summed E-state index contributed by atoms with van der Waals surface area (Å²) >= 11 is 0. The van der Waals surface area contributed by atoms with Gasteiger partial charge >= 0.3 is 18.0 Å². The lowest BCUT2D eigenvalue weighted by Crippen LogP contribution is -2.30. The topological polar surface area (TPSA) is 109 Å². The van der Waals surface area contributed by atoms with Gasteiger partial charge in [-0.3, -0.25) is 19.4 Å². The molecule has 1 aromatic heterocycles. The maximum absolute atomic E-state index is 13.1. The predicted octanol–water partition coefficient (Wildman–Crippen LogP) is 3.83. The Labute approximate surface area is 185 Å². The summed E-state index contributed by atoms with van der Waals surface area (Å²) in [6.07, 6.45) is -3.31. The first-order chi connectivity index (χ1) is 15.7. The van der Waals surface area contributed by atoms with Gasteiger partial charge in [0.15, 0.2) is 0 Å². The average Bonchev–Trinajstić information content (AvgIpc) is 2.78. The summed E-state index contributed by atoms with van der Waals surface area (Å²) in [7, 11) is 1.46. The molecule has 0 spiro atoms. The molecule has 0 saturated carbocycles. The molecular formula is C22H17F3N4O4. The van der Waals surface area contributed by atoms with Gasteiger partial charge in [0.25, 0.3) is 5.91 Å². The van der Waals surface area contributed by atoms with Crippen molar-refractivity contribution in [1.29, 1.82) is 0 Å². The molecule has 33 heavy (non-hydrogen) atoms. The minimum atomic E-state index is -4.70. The number of anilines is 2. The minimum Gasteiger partial charge on any atom is -0.457 e. The normalized spacial score (nSPS) is 10.8. The van der Waals surface area contributed by atoms with E-state index in [1.54, 1.807) is 6.07 Å². The van der Waals surface area contributed by atoms with Crippen LogP contribution in [0.25, 0.3) is 0 Å². The Hall–Kier alpha value is -4.41. The number of aromatic nitrogens is 1. The SMILES string of the molecule is CNC(=O)c1cc(Oc2cccc(NC(=O)C(=O)Nc3ccccc3C(F)(F)F)c2)ccn1. The second-order valence-corrected chi connectivity index (χ2v) is 6.54.